The quantitative estimate of drug-likeness (QED) is 0.684. The van der Waals surface area contributed by atoms with E-state index in [9.17, 15) is 4.79 Å². The highest BCUT2D eigenvalue weighted by Gasteiger charge is 2.15. The van der Waals surface area contributed by atoms with Gasteiger partial charge in [-0.1, -0.05) is 0 Å². The molecule has 5 nitrogen and oxygen atoms in total. The van der Waals surface area contributed by atoms with E-state index in [1.165, 1.54) is 0 Å². The summed E-state index contributed by atoms with van der Waals surface area (Å²) < 4.78 is 1.66. The van der Waals surface area contributed by atoms with E-state index in [0.29, 0.717) is 6.54 Å². The zero-order valence-electron chi connectivity index (χ0n) is 7.34. The number of hydrogen-bond donors (Lipinski definition) is 2. The normalized spacial score (nSPS) is 12.8. The van der Waals surface area contributed by atoms with Gasteiger partial charge < -0.3 is 10.2 Å². The highest BCUT2D eigenvalue weighted by Crippen LogP contribution is 2.03. The molecule has 1 heterocycles. The first-order chi connectivity index (χ1) is 6.15. The number of aryl methyl sites for hydroxylation is 1. The van der Waals surface area contributed by atoms with Crippen LogP contribution in [0.4, 0.5) is 0 Å². The molecule has 0 unspecified atom stereocenters. The van der Waals surface area contributed by atoms with E-state index in [-0.39, 0.29) is 6.42 Å². The second-order valence-corrected chi connectivity index (χ2v) is 2.70. The summed E-state index contributed by atoms with van der Waals surface area (Å²) in [5.74, 6) is -1.20. The number of aliphatic carboxylic acids is 1. The molecular weight excluding hydrogens is 172 g/mol. The topological polar surface area (TPSA) is 75.3 Å². The minimum absolute atomic E-state index is 0.100. The Balaban J connectivity index is 2.68. The second-order valence-electron chi connectivity index (χ2n) is 2.70. The van der Waals surface area contributed by atoms with Crippen molar-refractivity contribution in [2.45, 2.75) is 26.0 Å². The molecule has 1 aromatic rings. The highest BCUT2D eigenvalue weighted by molar-refractivity contribution is 5.72. The van der Waals surface area contributed by atoms with Gasteiger partial charge in [-0.25, -0.2) is 4.79 Å². The highest BCUT2D eigenvalue weighted by atomic mass is 16.4. The lowest BCUT2D eigenvalue weighted by Crippen LogP contribution is -2.23. The van der Waals surface area contributed by atoms with Crippen LogP contribution in [0.5, 0.6) is 0 Å². The third-order valence-electron chi connectivity index (χ3n) is 1.79. The van der Waals surface area contributed by atoms with Crippen molar-refractivity contribution in [3.05, 3.63) is 18.0 Å². The largest absolute Gasteiger partial charge is 0.479 e. The molecule has 13 heavy (non-hydrogen) atoms. The molecule has 0 fully saturated rings. The number of aliphatic hydroxyl groups excluding tert-OH is 1. The van der Waals surface area contributed by atoms with Crippen LogP contribution in [0.3, 0.4) is 0 Å². The molecule has 1 atom stereocenters. The molecule has 72 valence electrons. The van der Waals surface area contributed by atoms with Gasteiger partial charge >= 0.3 is 5.97 Å². The van der Waals surface area contributed by atoms with Crippen LogP contribution in [0.15, 0.2) is 12.3 Å². The Hall–Kier alpha value is -1.36. The van der Waals surface area contributed by atoms with Crippen molar-refractivity contribution in [3.63, 3.8) is 0 Å². The van der Waals surface area contributed by atoms with Gasteiger partial charge in [0, 0.05) is 24.9 Å². The van der Waals surface area contributed by atoms with Gasteiger partial charge in [0.2, 0.25) is 0 Å². The van der Waals surface area contributed by atoms with Crippen LogP contribution in [0.2, 0.25) is 0 Å². The third kappa shape index (κ3) is 2.29. The third-order valence-corrected chi connectivity index (χ3v) is 1.79. The zero-order chi connectivity index (χ0) is 9.84. The lowest BCUT2D eigenvalue weighted by Gasteiger charge is -2.06. The fourth-order valence-electron chi connectivity index (χ4n) is 1.10. The van der Waals surface area contributed by atoms with Crippen molar-refractivity contribution < 1.29 is 15.0 Å². The fourth-order valence-corrected chi connectivity index (χ4v) is 1.10. The van der Waals surface area contributed by atoms with Crippen LogP contribution < -0.4 is 0 Å². The van der Waals surface area contributed by atoms with Gasteiger partial charge in [0.15, 0.2) is 6.10 Å². The van der Waals surface area contributed by atoms with Crippen LogP contribution in [-0.4, -0.2) is 32.1 Å². The minimum atomic E-state index is -1.35. The molecule has 0 aliphatic rings. The second kappa shape index (κ2) is 4.04. The van der Waals surface area contributed by atoms with Gasteiger partial charge in [-0.05, 0) is 13.0 Å². The molecule has 0 aliphatic heterocycles. The predicted molar refractivity (Wildman–Crippen MR) is 45.2 cm³/mol. The smallest absolute Gasteiger partial charge is 0.332 e. The summed E-state index contributed by atoms with van der Waals surface area (Å²) in [6, 6.07) is 1.70. The van der Waals surface area contributed by atoms with E-state index < -0.39 is 12.1 Å². The Labute approximate surface area is 75.6 Å². The molecule has 0 amide bonds. The number of hydrogen-bond acceptors (Lipinski definition) is 3. The Morgan fingerprint density at radius 1 is 1.77 bits per heavy atom. The Kier molecular flexibility index (Phi) is 3.02. The summed E-state index contributed by atoms with van der Waals surface area (Å²) in [6.45, 7) is 2.58. The monoisotopic (exact) mass is 184 g/mol. The van der Waals surface area contributed by atoms with Crippen LogP contribution in [-0.2, 0) is 17.8 Å². The average molecular weight is 184 g/mol. The number of carboxylic acids is 1. The van der Waals surface area contributed by atoms with Crippen LogP contribution in [0.1, 0.15) is 12.6 Å². The summed E-state index contributed by atoms with van der Waals surface area (Å²) in [5.41, 5.74) is 0.734. The molecule has 2 N–H and O–H groups in total. The van der Waals surface area contributed by atoms with Crippen molar-refractivity contribution >= 4 is 5.97 Å². The summed E-state index contributed by atoms with van der Waals surface area (Å²) in [4.78, 5) is 10.3. The van der Waals surface area contributed by atoms with E-state index in [2.05, 4.69) is 5.10 Å². The molecule has 0 saturated heterocycles. The van der Waals surface area contributed by atoms with Crippen molar-refractivity contribution in [1.82, 2.24) is 9.78 Å². The SMILES string of the molecule is CCn1nccc1C[C@H](O)C(=O)O. The van der Waals surface area contributed by atoms with Gasteiger partial charge in [-0.2, -0.15) is 5.10 Å². The molecule has 0 bridgehead atoms. The number of rotatable bonds is 4. The molecule has 1 rings (SSSR count). The Bertz CT molecular complexity index is 295. The Morgan fingerprint density at radius 3 is 3.00 bits per heavy atom. The first kappa shape index (κ1) is 9.73. The van der Waals surface area contributed by atoms with Gasteiger partial charge in [0.1, 0.15) is 0 Å². The average Bonchev–Trinajstić information content (AvgIpc) is 2.51. The lowest BCUT2D eigenvalue weighted by molar-refractivity contribution is -0.146. The maximum absolute atomic E-state index is 10.3. The molecular formula is C8H12N2O3. The van der Waals surface area contributed by atoms with Crippen LogP contribution in [0, 0.1) is 0 Å². The first-order valence-electron chi connectivity index (χ1n) is 4.06. The van der Waals surface area contributed by atoms with E-state index in [4.69, 9.17) is 10.2 Å². The standard InChI is InChI=1S/C8H12N2O3/c1-2-10-6(3-4-9-10)5-7(11)8(12)13/h3-4,7,11H,2,5H2,1H3,(H,12,13)/t7-/m0/s1. The summed E-state index contributed by atoms with van der Waals surface area (Å²) in [6.07, 6.45) is 0.346. The fraction of sp³-hybridized carbons (Fsp3) is 0.500. The zero-order valence-corrected chi connectivity index (χ0v) is 7.34. The van der Waals surface area contributed by atoms with Gasteiger partial charge in [0.05, 0.1) is 0 Å². The summed E-state index contributed by atoms with van der Waals surface area (Å²) >= 11 is 0. The minimum Gasteiger partial charge on any atom is -0.479 e. The van der Waals surface area contributed by atoms with Crippen LogP contribution in [0.25, 0.3) is 0 Å². The van der Waals surface area contributed by atoms with E-state index in [1.807, 2.05) is 6.92 Å². The lowest BCUT2D eigenvalue weighted by atomic mass is 10.2. The first-order valence-corrected chi connectivity index (χ1v) is 4.06. The number of nitrogens with zero attached hydrogens (tertiary/aromatic N) is 2. The molecule has 0 aliphatic carbocycles. The van der Waals surface area contributed by atoms with Crippen LogP contribution >= 0.6 is 0 Å². The molecule has 0 spiro atoms. The van der Waals surface area contributed by atoms with E-state index >= 15 is 0 Å². The molecule has 1 aromatic heterocycles. The van der Waals surface area contributed by atoms with E-state index in [0.717, 1.165) is 5.69 Å². The van der Waals surface area contributed by atoms with Gasteiger partial charge in [-0.15, -0.1) is 0 Å². The van der Waals surface area contributed by atoms with Crippen molar-refractivity contribution in [2.75, 3.05) is 0 Å². The van der Waals surface area contributed by atoms with Crippen molar-refractivity contribution in [2.24, 2.45) is 0 Å². The molecule has 0 saturated carbocycles. The summed E-state index contributed by atoms with van der Waals surface area (Å²) in [7, 11) is 0. The predicted octanol–water partition coefficient (Wildman–Crippen LogP) is -0.109. The molecule has 0 radical (unpaired) electrons. The number of carboxylic acid groups (broad SMARTS) is 1. The molecule has 0 aromatic carbocycles. The number of carbonyl (C=O) groups is 1. The molecule has 5 heteroatoms. The van der Waals surface area contributed by atoms with E-state index in [1.54, 1.807) is 16.9 Å². The summed E-state index contributed by atoms with van der Waals surface area (Å²) in [5, 5.41) is 21.5. The number of aliphatic hydroxyl groups is 1. The van der Waals surface area contributed by atoms with Crippen molar-refractivity contribution in [3.8, 4) is 0 Å². The Morgan fingerprint density at radius 2 is 2.46 bits per heavy atom. The maximum atomic E-state index is 10.3. The van der Waals surface area contributed by atoms with Gasteiger partial charge in [0.25, 0.3) is 0 Å². The van der Waals surface area contributed by atoms with Gasteiger partial charge in [-0.3, -0.25) is 4.68 Å². The van der Waals surface area contributed by atoms with Crippen molar-refractivity contribution in [1.29, 1.82) is 0 Å². The maximum Gasteiger partial charge on any atom is 0.332 e. The number of aromatic nitrogens is 2.